The molecule has 23 heavy (non-hydrogen) atoms. The van der Waals surface area contributed by atoms with Gasteiger partial charge in [-0.3, -0.25) is 9.59 Å². The maximum atomic E-state index is 12.0. The molecule has 1 aromatic rings. The zero-order valence-corrected chi connectivity index (χ0v) is 12.6. The Hall–Kier alpha value is -2.57. The highest BCUT2D eigenvalue weighted by atomic mass is 16.6. The van der Waals surface area contributed by atoms with Crippen LogP contribution in [0, 0.1) is 5.41 Å². The maximum Gasteiger partial charge on any atom is 0.410 e. The van der Waals surface area contributed by atoms with Crippen molar-refractivity contribution >= 4 is 18.0 Å². The van der Waals surface area contributed by atoms with Gasteiger partial charge in [0.2, 0.25) is 0 Å². The lowest BCUT2D eigenvalue weighted by atomic mass is 9.76. The second-order valence-corrected chi connectivity index (χ2v) is 5.68. The second kappa shape index (κ2) is 7.13. The number of nitrogens with zero attached hydrogens (tertiary/aromatic N) is 1. The van der Waals surface area contributed by atoms with Crippen LogP contribution in [0.5, 0.6) is 0 Å². The van der Waals surface area contributed by atoms with Gasteiger partial charge in [-0.1, -0.05) is 30.3 Å². The van der Waals surface area contributed by atoms with Gasteiger partial charge in [-0.05, 0) is 18.4 Å². The monoisotopic (exact) mass is 321 g/mol. The number of carbonyl (C=O) groups is 3. The third-order valence-corrected chi connectivity index (χ3v) is 4.13. The SMILES string of the molecule is O=C(O)CC1(C(=O)O)CCN(C(=O)OCc2ccccc2)CC1. The Bertz CT molecular complexity index is 577. The first-order valence-corrected chi connectivity index (χ1v) is 7.34. The fourth-order valence-corrected chi connectivity index (χ4v) is 2.68. The summed E-state index contributed by atoms with van der Waals surface area (Å²) in [6.45, 7) is 0.496. The predicted octanol–water partition coefficient (Wildman–Crippen LogP) is 1.96. The number of hydrogen-bond acceptors (Lipinski definition) is 4. The number of hydrogen-bond donors (Lipinski definition) is 2. The standard InChI is InChI=1S/C16H19NO6/c18-13(19)10-16(14(20)21)6-8-17(9-7-16)15(22)23-11-12-4-2-1-3-5-12/h1-5H,6-11H2,(H,18,19)(H,20,21). The van der Waals surface area contributed by atoms with Crippen LogP contribution in [0.3, 0.4) is 0 Å². The molecule has 1 fully saturated rings. The molecule has 124 valence electrons. The van der Waals surface area contributed by atoms with Gasteiger partial charge < -0.3 is 19.8 Å². The van der Waals surface area contributed by atoms with E-state index >= 15 is 0 Å². The molecule has 1 amide bonds. The van der Waals surface area contributed by atoms with Gasteiger partial charge in [0.05, 0.1) is 11.8 Å². The van der Waals surface area contributed by atoms with Crippen LogP contribution >= 0.6 is 0 Å². The van der Waals surface area contributed by atoms with Crippen molar-refractivity contribution in [3.63, 3.8) is 0 Å². The van der Waals surface area contributed by atoms with Gasteiger partial charge in [-0.2, -0.15) is 0 Å². The number of carboxylic acid groups (broad SMARTS) is 2. The number of carbonyl (C=O) groups excluding carboxylic acids is 1. The summed E-state index contributed by atoms with van der Waals surface area (Å²) < 4.78 is 5.20. The van der Waals surface area contributed by atoms with Crippen LogP contribution in [-0.4, -0.2) is 46.2 Å². The minimum Gasteiger partial charge on any atom is -0.481 e. The van der Waals surface area contributed by atoms with Crippen LogP contribution in [0.4, 0.5) is 4.79 Å². The molecular weight excluding hydrogens is 302 g/mol. The first kappa shape index (κ1) is 16.8. The maximum absolute atomic E-state index is 12.0. The van der Waals surface area contributed by atoms with E-state index in [4.69, 9.17) is 9.84 Å². The lowest BCUT2D eigenvalue weighted by Crippen LogP contribution is -2.47. The van der Waals surface area contributed by atoms with E-state index in [0.717, 1.165) is 5.56 Å². The van der Waals surface area contributed by atoms with Crippen molar-refractivity contribution in [2.24, 2.45) is 5.41 Å². The van der Waals surface area contributed by atoms with E-state index in [-0.39, 0.29) is 32.5 Å². The first-order valence-electron chi connectivity index (χ1n) is 7.34. The van der Waals surface area contributed by atoms with E-state index in [0.29, 0.717) is 0 Å². The van der Waals surface area contributed by atoms with Gasteiger partial charge in [0, 0.05) is 13.1 Å². The lowest BCUT2D eigenvalue weighted by Gasteiger charge is -2.37. The molecule has 0 radical (unpaired) electrons. The zero-order chi connectivity index (χ0) is 16.9. The van der Waals surface area contributed by atoms with Gasteiger partial charge in [-0.25, -0.2) is 4.79 Å². The molecule has 0 bridgehead atoms. The van der Waals surface area contributed by atoms with Crippen LogP contribution in [0.1, 0.15) is 24.8 Å². The van der Waals surface area contributed by atoms with Crippen LogP contribution < -0.4 is 0 Å². The molecule has 0 atom stereocenters. The number of likely N-dealkylation sites (tertiary alicyclic amines) is 1. The van der Waals surface area contributed by atoms with Crippen molar-refractivity contribution in [1.82, 2.24) is 4.90 Å². The minimum atomic E-state index is -1.30. The average Bonchev–Trinajstić information content (AvgIpc) is 2.53. The van der Waals surface area contributed by atoms with Gasteiger partial charge in [0.1, 0.15) is 6.61 Å². The molecule has 0 saturated carbocycles. The fraction of sp³-hybridized carbons (Fsp3) is 0.438. The fourth-order valence-electron chi connectivity index (χ4n) is 2.68. The molecular formula is C16H19NO6. The molecule has 1 aliphatic heterocycles. The number of ether oxygens (including phenoxy) is 1. The number of carboxylic acids is 2. The zero-order valence-electron chi connectivity index (χ0n) is 12.6. The normalized spacial score (nSPS) is 16.6. The van der Waals surface area contributed by atoms with E-state index in [9.17, 15) is 19.5 Å². The number of rotatable bonds is 5. The third kappa shape index (κ3) is 4.21. The largest absolute Gasteiger partial charge is 0.481 e. The van der Waals surface area contributed by atoms with Gasteiger partial charge in [0.15, 0.2) is 0 Å². The van der Waals surface area contributed by atoms with E-state index in [1.807, 2.05) is 30.3 Å². The highest BCUT2D eigenvalue weighted by Gasteiger charge is 2.44. The van der Waals surface area contributed by atoms with E-state index in [1.54, 1.807) is 0 Å². The van der Waals surface area contributed by atoms with Gasteiger partial charge >= 0.3 is 18.0 Å². The van der Waals surface area contributed by atoms with Crippen molar-refractivity contribution in [1.29, 1.82) is 0 Å². The van der Waals surface area contributed by atoms with Crippen LogP contribution in [-0.2, 0) is 20.9 Å². The number of benzene rings is 1. The molecule has 7 heteroatoms. The van der Waals surface area contributed by atoms with Crippen molar-refractivity contribution < 1.29 is 29.3 Å². The van der Waals surface area contributed by atoms with Crippen LogP contribution in [0.15, 0.2) is 30.3 Å². The minimum absolute atomic E-state index is 0.106. The molecule has 0 spiro atoms. The highest BCUT2D eigenvalue weighted by Crippen LogP contribution is 2.35. The van der Waals surface area contributed by atoms with Crippen LogP contribution in [0.25, 0.3) is 0 Å². The average molecular weight is 321 g/mol. The highest BCUT2D eigenvalue weighted by molar-refractivity contribution is 5.82. The predicted molar refractivity (Wildman–Crippen MR) is 79.8 cm³/mol. The van der Waals surface area contributed by atoms with E-state index < -0.39 is 29.9 Å². The molecule has 1 heterocycles. The third-order valence-electron chi connectivity index (χ3n) is 4.13. The number of piperidine rings is 1. The van der Waals surface area contributed by atoms with Gasteiger partial charge in [0.25, 0.3) is 0 Å². The Balaban J connectivity index is 1.88. The summed E-state index contributed by atoms with van der Waals surface area (Å²) >= 11 is 0. The van der Waals surface area contributed by atoms with E-state index in [2.05, 4.69) is 0 Å². The summed E-state index contributed by atoms with van der Waals surface area (Å²) in [7, 11) is 0. The summed E-state index contributed by atoms with van der Waals surface area (Å²) in [6.07, 6.45) is -0.734. The summed E-state index contributed by atoms with van der Waals surface area (Å²) in [5, 5.41) is 18.2. The van der Waals surface area contributed by atoms with Crippen LogP contribution in [0.2, 0.25) is 0 Å². The Kier molecular flexibility index (Phi) is 5.20. The Morgan fingerprint density at radius 3 is 2.22 bits per heavy atom. The number of aliphatic carboxylic acids is 2. The molecule has 0 unspecified atom stereocenters. The van der Waals surface area contributed by atoms with Crippen molar-refractivity contribution in [3.05, 3.63) is 35.9 Å². The quantitative estimate of drug-likeness (QED) is 0.859. The molecule has 1 aromatic carbocycles. The molecule has 0 aliphatic carbocycles. The summed E-state index contributed by atoms with van der Waals surface area (Å²) in [5.41, 5.74) is -0.439. The lowest BCUT2D eigenvalue weighted by molar-refractivity contribution is -0.158. The smallest absolute Gasteiger partial charge is 0.410 e. The summed E-state index contributed by atoms with van der Waals surface area (Å²) in [6, 6.07) is 9.23. The summed E-state index contributed by atoms with van der Waals surface area (Å²) in [4.78, 5) is 35.7. The summed E-state index contributed by atoms with van der Waals surface area (Å²) in [5.74, 6) is -2.27. The Morgan fingerprint density at radius 1 is 1.09 bits per heavy atom. The second-order valence-electron chi connectivity index (χ2n) is 5.68. The van der Waals surface area contributed by atoms with E-state index in [1.165, 1.54) is 4.90 Å². The van der Waals surface area contributed by atoms with Crippen molar-refractivity contribution in [2.45, 2.75) is 25.9 Å². The molecule has 1 saturated heterocycles. The molecule has 1 aliphatic rings. The van der Waals surface area contributed by atoms with Crippen molar-refractivity contribution in [2.75, 3.05) is 13.1 Å². The molecule has 7 nitrogen and oxygen atoms in total. The Labute approximate surface area is 133 Å². The molecule has 2 N–H and O–H groups in total. The first-order chi connectivity index (χ1) is 10.9. The molecule has 0 aromatic heterocycles. The molecule has 2 rings (SSSR count). The van der Waals surface area contributed by atoms with Crippen molar-refractivity contribution in [3.8, 4) is 0 Å². The topological polar surface area (TPSA) is 104 Å². The Morgan fingerprint density at radius 2 is 1.70 bits per heavy atom. The number of amides is 1. The van der Waals surface area contributed by atoms with Gasteiger partial charge in [-0.15, -0.1) is 0 Å².